The van der Waals surface area contributed by atoms with Crippen molar-refractivity contribution in [2.75, 3.05) is 13.6 Å². The van der Waals surface area contributed by atoms with Crippen LogP contribution in [0.25, 0.3) is 20.8 Å². The largest absolute Gasteiger partial charge is 0.358 e. The summed E-state index contributed by atoms with van der Waals surface area (Å²) >= 11 is 7.88. The second kappa shape index (κ2) is 7.35. The Balaban J connectivity index is 1.53. The molecule has 3 aromatic rings. The summed E-state index contributed by atoms with van der Waals surface area (Å²) in [7, 11) is 1.71. The van der Waals surface area contributed by atoms with Crippen LogP contribution < -0.4 is 5.32 Å². The van der Waals surface area contributed by atoms with E-state index in [9.17, 15) is 4.79 Å². The van der Waals surface area contributed by atoms with Crippen molar-refractivity contribution in [2.24, 2.45) is 0 Å². The lowest BCUT2D eigenvalue weighted by molar-refractivity contribution is -0.125. The summed E-state index contributed by atoms with van der Waals surface area (Å²) in [5.74, 6) is 0.116. The van der Waals surface area contributed by atoms with Crippen LogP contribution in [0.1, 0.15) is 18.4 Å². The number of hydrogen-bond donors (Lipinski definition) is 1. The van der Waals surface area contributed by atoms with Gasteiger partial charge in [-0.05, 0) is 37.1 Å². The van der Waals surface area contributed by atoms with E-state index in [2.05, 4.69) is 34.5 Å². The van der Waals surface area contributed by atoms with Crippen molar-refractivity contribution < 1.29 is 4.79 Å². The minimum absolute atomic E-state index is 0.00826. The molecule has 134 valence electrons. The molecule has 1 unspecified atom stereocenters. The van der Waals surface area contributed by atoms with Crippen molar-refractivity contribution in [3.8, 4) is 10.6 Å². The lowest BCUT2D eigenvalue weighted by atomic mass is 10.1. The number of nitrogens with one attached hydrogen (secondary N) is 1. The summed E-state index contributed by atoms with van der Waals surface area (Å²) in [6, 6.07) is 14.3. The molecular weight excluding hydrogens is 366 g/mol. The minimum Gasteiger partial charge on any atom is -0.358 e. The summed E-state index contributed by atoms with van der Waals surface area (Å²) < 4.78 is 1.03. The number of amides is 1. The molecule has 26 heavy (non-hydrogen) atoms. The Bertz CT molecular complexity index is 938. The van der Waals surface area contributed by atoms with Gasteiger partial charge in [0, 0.05) is 19.2 Å². The van der Waals surface area contributed by atoms with E-state index in [0.717, 1.165) is 51.7 Å². The molecule has 0 bridgehead atoms. The monoisotopic (exact) mass is 385 g/mol. The number of benzene rings is 2. The van der Waals surface area contributed by atoms with E-state index in [1.54, 1.807) is 18.4 Å². The third-order valence-electron chi connectivity index (χ3n) is 4.87. The highest BCUT2D eigenvalue weighted by Gasteiger charge is 2.29. The van der Waals surface area contributed by atoms with Crippen molar-refractivity contribution in [1.29, 1.82) is 0 Å². The van der Waals surface area contributed by atoms with Gasteiger partial charge in [-0.3, -0.25) is 9.69 Å². The highest BCUT2D eigenvalue weighted by atomic mass is 35.5. The Labute approximate surface area is 161 Å². The van der Waals surface area contributed by atoms with Gasteiger partial charge in [0.25, 0.3) is 0 Å². The van der Waals surface area contributed by atoms with Crippen molar-refractivity contribution in [2.45, 2.75) is 25.4 Å². The van der Waals surface area contributed by atoms with Crippen molar-refractivity contribution in [1.82, 2.24) is 15.2 Å². The summed E-state index contributed by atoms with van der Waals surface area (Å²) in [6.45, 7) is 1.76. The molecule has 1 aliphatic rings. The molecule has 2 heterocycles. The van der Waals surface area contributed by atoms with Crippen LogP contribution in [0.4, 0.5) is 0 Å². The maximum Gasteiger partial charge on any atom is 0.237 e. The van der Waals surface area contributed by atoms with Crippen LogP contribution >= 0.6 is 22.9 Å². The Morgan fingerprint density at radius 3 is 2.85 bits per heavy atom. The fourth-order valence-electron chi connectivity index (χ4n) is 3.51. The van der Waals surface area contributed by atoms with Gasteiger partial charge in [0.05, 0.1) is 21.3 Å². The average molecular weight is 386 g/mol. The molecule has 1 aliphatic heterocycles. The van der Waals surface area contributed by atoms with Crippen LogP contribution in [-0.2, 0) is 11.3 Å². The van der Waals surface area contributed by atoms with Crippen LogP contribution in [-0.4, -0.2) is 35.4 Å². The van der Waals surface area contributed by atoms with Gasteiger partial charge >= 0.3 is 0 Å². The van der Waals surface area contributed by atoms with Gasteiger partial charge in [-0.2, -0.15) is 0 Å². The SMILES string of the molecule is CNC(=O)C1CCCN1Cc1ccc(-c2nc3cccc(Cl)c3s2)cc1. The predicted molar refractivity (Wildman–Crippen MR) is 108 cm³/mol. The Kier molecular flexibility index (Phi) is 4.94. The number of hydrogen-bond acceptors (Lipinski definition) is 4. The zero-order valence-electron chi connectivity index (χ0n) is 14.5. The van der Waals surface area contributed by atoms with E-state index < -0.39 is 0 Å². The van der Waals surface area contributed by atoms with Crippen LogP contribution in [0.5, 0.6) is 0 Å². The van der Waals surface area contributed by atoms with Crippen molar-refractivity contribution in [3.05, 3.63) is 53.1 Å². The summed E-state index contributed by atoms with van der Waals surface area (Å²) in [6.07, 6.45) is 2.01. The Hall–Kier alpha value is -1.95. The van der Waals surface area contributed by atoms with Crippen LogP contribution in [0.3, 0.4) is 0 Å². The van der Waals surface area contributed by atoms with E-state index >= 15 is 0 Å². The number of halogens is 1. The molecule has 0 radical (unpaired) electrons. The third kappa shape index (κ3) is 3.34. The molecular formula is C20H20ClN3OS. The number of carbonyl (C=O) groups is 1. The molecule has 0 spiro atoms. The molecule has 0 saturated carbocycles. The van der Waals surface area contributed by atoms with Gasteiger partial charge in [0.2, 0.25) is 5.91 Å². The molecule has 2 aromatic carbocycles. The van der Waals surface area contributed by atoms with E-state index in [4.69, 9.17) is 16.6 Å². The number of rotatable bonds is 4. The highest BCUT2D eigenvalue weighted by molar-refractivity contribution is 7.22. The highest BCUT2D eigenvalue weighted by Crippen LogP contribution is 2.34. The first-order chi connectivity index (χ1) is 12.7. The first-order valence-electron chi connectivity index (χ1n) is 8.76. The Morgan fingerprint density at radius 2 is 2.12 bits per heavy atom. The smallest absolute Gasteiger partial charge is 0.237 e. The fraction of sp³-hybridized carbons (Fsp3) is 0.300. The number of aromatic nitrogens is 1. The van der Waals surface area contributed by atoms with E-state index in [1.807, 2.05) is 18.2 Å². The average Bonchev–Trinajstić information content (AvgIpc) is 3.29. The number of likely N-dealkylation sites (tertiary alicyclic amines) is 1. The molecule has 1 aromatic heterocycles. The molecule has 4 rings (SSSR count). The van der Waals surface area contributed by atoms with E-state index in [1.165, 1.54) is 5.56 Å². The number of likely N-dealkylation sites (N-methyl/N-ethyl adjacent to an activating group) is 1. The van der Waals surface area contributed by atoms with Gasteiger partial charge in [0.15, 0.2) is 0 Å². The quantitative estimate of drug-likeness (QED) is 0.727. The third-order valence-corrected chi connectivity index (χ3v) is 6.45. The van der Waals surface area contributed by atoms with Gasteiger partial charge in [-0.1, -0.05) is 41.9 Å². The van der Waals surface area contributed by atoms with Gasteiger partial charge in [-0.15, -0.1) is 11.3 Å². The lowest BCUT2D eigenvalue weighted by Crippen LogP contribution is -2.41. The van der Waals surface area contributed by atoms with Gasteiger partial charge < -0.3 is 5.32 Å². The summed E-state index contributed by atoms with van der Waals surface area (Å²) in [5.41, 5.74) is 3.24. The molecule has 1 atom stereocenters. The van der Waals surface area contributed by atoms with Crippen LogP contribution in [0.2, 0.25) is 5.02 Å². The van der Waals surface area contributed by atoms with E-state index in [-0.39, 0.29) is 11.9 Å². The molecule has 6 heteroatoms. The second-order valence-corrected chi connectivity index (χ2v) is 7.95. The van der Waals surface area contributed by atoms with Gasteiger partial charge in [0.1, 0.15) is 5.01 Å². The van der Waals surface area contributed by atoms with Crippen molar-refractivity contribution >= 4 is 39.1 Å². The topological polar surface area (TPSA) is 45.2 Å². The standard InChI is InChI=1S/C20H20ClN3OS/c1-22-19(25)17-6-3-11-24(17)12-13-7-9-14(10-8-13)20-23-16-5-2-4-15(21)18(16)26-20/h2,4-5,7-10,17H,3,6,11-12H2,1H3,(H,22,25). The maximum atomic E-state index is 12.0. The number of nitrogens with zero attached hydrogens (tertiary/aromatic N) is 2. The minimum atomic E-state index is -0.00826. The molecule has 1 saturated heterocycles. The molecule has 1 fully saturated rings. The first kappa shape index (κ1) is 17.5. The molecule has 1 N–H and O–H groups in total. The first-order valence-corrected chi connectivity index (χ1v) is 9.95. The molecule has 1 amide bonds. The zero-order valence-corrected chi connectivity index (χ0v) is 16.1. The van der Waals surface area contributed by atoms with E-state index in [0.29, 0.717) is 0 Å². The van der Waals surface area contributed by atoms with Gasteiger partial charge in [-0.25, -0.2) is 4.98 Å². The molecule has 4 nitrogen and oxygen atoms in total. The summed E-state index contributed by atoms with van der Waals surface area (Å²) in [4.78, 5) is 18.9. The predicted octanol–water partition coefficient (Wildman–Crippen LogP) is 4.33. The molecule has 0 aliphatic carbocycles. The number of thiazole rings is 1. The maximum absolute atomic E-state index is 12.0. The van der Waals surface area contributed by atoms with Crippen molar-refractivity contribution in [3.63, 3.8) is 0 Å². The lowest BCUT2D eigenvalue weighted by Gasteiger charge is -2.23. The van der Waals surface area contributed by atoms with Crippen LogP contribution in [0, 0.1) is 0 Å². The second-order valence-electron chi connectivity index (χ2n) is 6.55. The Morgan fingerprint density at radius 1 is 1.31 bits per heavy atom. The van der Waals surface area contributed by atoms with Crippen LogP contribution in [0.15, 0.2) is 42.5 Å². The number of fused-ring (bicyclic) bond motifs is 1. The number of carbonyl (C=O) groups excluding carboxylic acids is 1. The fourth-order valence-corrected chi connectivity index (χ4v) is 4.77. The zero-order chi connectivity index (χ0) is 18.1. The normalized spacial score (nSPS) is 17.7. The summed E-state index contributed by atoms with van der Waals surface area (Å²) in [5, 5.41) is 4.50.